The lowest BCUT2D eigenvalue weighted by atomic mass is 10.1. The fourth-order valence-corrected chi connectivity index (χ4v) is 4.11. The van der Waals surface area contributed by atoms with Gasteiger partial charge in [0, 0.05) is 24.3 Å². The molecular weight excluding hydrogens is 546 g/mol. The van der Waals surface area contributed by atoms with Gasteiger partial charge >= 0.3 is 6.03 Å². The first-order chi connectivity index (χ1) is 19.2. The predicted molar refractivity (Wildman–Crippen MR) is 144 cm³/mol. The van der Waals surface area contributed by atoms with E-state index in [1.165, 1.54) is 57.7 Å². The molecule has 0 unspecified atom stereocenters. The van der Waals surface area contributed by atoms with Crippen LogP contribution in [0.25, 0.3) is 6.08 Å². The quantitative estimate of drug-likeness (QED) is 0.170. The number of nitrogens with one attached hydrogen (secondary N) is 1. The van der Waals surface area contributed by atoms with Crippen molar-refractivity contribution in [1.82, 2.24) is 5.32 Å². The molecule has 4 amide bonds. The number of nitro groups is 1. The third-order valence-corrected chi connectivity index (χ3v) is 6.11. The lowest BCUT2D eigenvalue weighted by Crippen LogP contribution is -2.54. The molecule has 0 aliphatic carbocycles. The Kier molecular flexibility index (Phi) is 8.20. The van der Waals surface area contributed by atoms with E-state index in [0.717, 1.165) is 4.90 Å². The Labute approximate surface area is 232 Å². The van der Waals surface area contributed by atoms with Crippen LogP contribution < -0.4 is 29.2 Å². The number of amides is 4. The number of carbonyl (C=O) groups is 3. The maximum atomic E-state index is 13.4. The van der Waals surface area contributed by atoms with Gasteiger partial charge in [0.25, 0.3) is 17.5 Å². The molecule has 0 saturated carbocycles. The molecule has 4 rings (SSSR count). The number of benzene rings is 3. The van der Waals surface area contributed by atoms with Crippen LogP contribution in [0.3, 0.4) is 0 Å². The Bertz CT molecular complexity index is 1550. The van der Waals surface area contributed by atoms with Crippen LogP contribution in [0.4, 0.5) is 16.2 Å². The zero-order chi connectivity index (χ0) is 29.0. The first-order valence-electron chi connectivity index (χ1n) is 11.5. The van der Waals surface area contributed by atoms with E-state index in [2.05, 4.69) is 5.32 Å². The van der Waals surface area contributed by atoms with E-state index in [1.54, 1.807) is 24.3 Å². The second-order valence-corrected chi connectivity index (χ2v) is 8.65. The van der Waals surface area contributed by atoms with Crippen molar-refractivity contribution >= 4 is 46.9 Å². The van der Waals surface area contributed by atoms with Crippen molar-refractivity contribution in [2.45, 2.75) is 6.61 Å². The highest BCUT2D eigenvalue weighted by atomic mass is 35.5. The highest BCUT2D eigenvalue weighted by molar-refractivity contribution is 6.39. The number of halogens is 1. The van der Waals surface area contributed by atoms with E-state index < -0.39 is 22.8 Å². The number of nitrogens with zero attached hydrogens (tertiary/aromatic N) is 2. The summed E-state index contributed by atoms with van der Waals surface area (Å²) in [5, 5.41) is 13.4. The van der Waals surface area contributed by atoms with Crippen molar-refractivity contribution in [2.24, 2.45) is 0 Å². The van der Waals surface area contributed by atoms with Gasteiger partial charge in [-0.15, -0.1) is 0 Å². The summed E-state index contributed by atoms with van der Waals surface area (Å²) in [6, 6.07) is 12.4. The van der Waals surface area contributed by atoms with Crippen LogP contribution in [0.15, 0.2) is 60.2 Å². The number of carbonyl (C=O) groups excluding carboxylic acids is 3. The minimum atomic E-state index is -0.975. The number of hydrogen-bond acceptors (Lipinski definition) is 9. The number of imide groups is 2. The summed E-state index contributed by atoms with van der Waals surface area (Å²) in [6.07, 6.45) is 1.30. The second kappa shape index (κ2) is 11.7. The van der Waals surface area contributed by atoms with Crippen molar-refractivity contribution in [3.8, 4) is 23.0 Å². The lowest BCUT2D eigenvalue weighted by Gasteiger charge is -2.28. The van der Waals surface area contributed by atoms with Gasteiger partial charge < -0.3 is 18.9 Å². The van der Waals surface area contributed by atoms with Crippen molar-refractivity contribution < 1.29 is 38.3 Å². The Morgan fingerprint density at radius 3 is 2.33 bits per heavy atom. The number of methoxy groups -OCH3 is 3. The van der Waals surface area contributed by atoms with Crippen molar-refractivity contribution in [1.29, 1.82) is 0 Å². The SMILES string of the molecule is COc1cc(N2C(=O)NC(=O)/C(=C\c3ccc(OCc4cccc([N+](=O)[O-])c4)c(OC)c3)C2=O)c(OC)cc1Cl. The Morgan fingerprint density at radius 1 is 0.925 bits per heavy atom. The van der Waals surface area contributed by atoms with Crippen LogP contribution in [0.2, 0.25) is 5.02 Å². The second-order valence-electron chi connectivity index (χ2n) is 8.24. The molecular formula is C27H22ClN3O9. The summed E-state index contributed by atoms with van der Waals surface area (Å²) < 4.78 is 21.7. The van der Waals surface area contributed by atoms with Gasteiger partial charge in [-0.05, 0) is 29.3 Å². The number of non-ortho nitro benzene ring substituents is 1. The molecule has 0 radical (unpaired) electrons. The summed E-state index contributed by atoms with van der Waals surface area (Å²) >= 11 is 6.15. The zero-order valence-electron chi connectivity index (χ0n) is 21.4. The van der Waals surface area contributed by atoms with Gasteiger partial charge in [0.15, 0.2) is 11.5 Å². The van der Waals surface area contributed by atoms with Crippen LogP contribution in [0.5, 0.6) is 23.0 Å². The molecule has 1 saturated heterocycles. The number of urea groups is 1. The summed E-state index contributed by atoms with van der Waals surface area (Å²) in [6.45, 7) is 0.0306. The topological polar surface area (TPSA) is 147 Å². The smallest absolute Gasteiger partial charge is 0.336 e. The van der Waals surface area contributed by atoms with Gasteiger partial charge in [0.05, 0.1) is 37.0 Å². The Hall–Kier alpha value is -5.10. The zero-order valence-corrected chi connectivity index (χ0v) is 22.2. The van der Waals surface area contributed by atoms with Crippen LogP contribution in [0, 0.1) is 10.1 Å². The average Bonchev–Trinajstić information content (AvgIpc) is 2.94. The maximum Gasteiger partial charge on any atom is 0.336 e. The molecule has 1 aliphatic rings. The normalized spacial score (nSPS) is 14.2. The average molecular weight is 568 g/mol. The van der Waals surface area contributed by atoms with E-state index >= 15 is 0 Å². The Morgan fingerprint density at radius 2 is 1.65 bits per heavy atom. The molecule has 3 aromatic rings. The first kappa shape index (κ1) is 27.9. The van der Waals surface area contributed by atoms with Gasteiger partial charge in [-0.3, -0.25) is 25.0 Å². The molecule has 206 valence electrons. The van der Waals surface area contributed by atoms with E-state index in [9.17, 15) is 24.5 Å². The van der Waals surface area contributed by atoms with E-state index in [0.29, 0.717) is 16.9 Å². The molecule has 1 fully saturated rings. The van der Waals surface area contributed by atoms with Crippen LogP contribution in [-0.4, -0.2) is 44.1 Å². The molecule has 0 spiro atoms. The van der Waals surface area contributed by atoms with Crippen LogP contribution >= 0.6 is 11.6 Å². The largest absolute Gasteiger partial charge is 0.495 e. The lowest BCUT2D eigenvalue weighted by molar-refractivity contribution is -0.384. The molecule has 1 N–H and O–H groups in total. The van der Waals surface area contributed by atoms with Crippen molar-refractivity contribution in [3.63, 3.8) is 0 Å². The standard InChI is InChI=1S/C27H22ClN3O9/c1-37-22-13-20(23(38-2)12-19(22)28)30-26(33)18(25(32)29-27(30)34)10-15-7-8-21(24(11-15)39-3)40-14-16-5-4-6-17(9-16)31(35)36/h4-13H,14H2,1-3H3,(H,29,32,34)/b18-10+. The number of barbiturate groups is 1. The molecule has 1 heterocycles. The molecule has 0 aromatic heterocycles. The third-order valence-electron chi connectivity index (χ3n) is 5.81. The van der Waals surface area contributed by atoms with E-state index in [-0.39, 0.29) is 45.8 Å². The van der Waals surface area contributed by atoms with Gasteiger partial charge in [0.2, 0.25) is 0 Å². The molecule has 40 heavy (non-hydrogen) atoms. The monoisotopic (exact) mass is 567 g/mol. The fraction of sp³-hybridized carbons (Fsp3) is 0.148. The summed E-state index contributed by atoms with van der Waals surface area (Å²) in [5.41, 5.74) is 0.599. The Balaban J connectivity index is 1.63. The number of ether oxygens (including phenoxy) is 4. The van der Waals surface area contributed by atoms with Crippen LogP contribution in [-0.2, 0) is 16.2 Å². The van der Waals surface area contributed by atoms with E-state index in [4.69, 9.17) is 30.5 Å². The number of nitro benzene ring substituents is 1. The minimum Gasteiger partial charge on any atom is -0.495 e. The van der Waals surface area contributed by atoms with Gasteiger partial charge in [-0.2, -0.15) is 0 Å². The van der Waals surface area contributed by atoms with Gasteiger partial charge in [-0.1, -0.05) is 29.8 Å². The maximum absolute atomic E-state index is 13.4. The molecule has 13 heteroatoms. The summed E-state index contributed by atoms with van der Waals surface area (Å²) in [5.74, 6) is -0.899. The molecule has 0 atom stereocenters. The van der Waals surface area contributed by atoms with Crippen molar-refractivity contribution in [3.05, 3.63) is 86.4 Å². The van der Waals surface area contributed by atoms with E-state index in [1.807, 2.05) is 0 Å². The summed E-state index contributed by atoms with van der Waals surface area (Å²) in [7, 11) is 4.12. The fourth-order valence-electron chi connectivity index (χ4n) is 3.88. The number of anilines is 1. The van der Waals surface area contributed by atoms with Crippen molar-refractivity contribution in [2.75, 3.05) is 26.2 Å². The number of rotatable bonds is 9. The molecule has 0 bridgehead atoms. The number of hydrogen-bond donors (Lipinski definition) is 1. The summed E-state index contributed by atoms with van der Waals surface area (Å²) in [4.78, 5) is 50.0. The minimum absolute atomic E-state index is 0.0205. The predicted octanol–water partition coefficient (Wildman–Crippen LogP) is 4.52. The van der Waals surface area contributed by atoms with Gasteiger partial charge in [0.1, 0.15) is 23.7 Å². The molecule has 1 aliphatic heterocycles. The first-order valence-corrected chi connectivity index (χ1v) is 11.9. The highest BCUT2D eigenvalue weighted by Crippen LogP contribution is 2.39. The van der Waals surface area contributed by atoms with Gasteiger partial charge in [-0.25, -0.2) is 9.69 Å². The third kappa shape index (κ3) is 5.66. The molecule has 3 aromatic carbocycles. The van der Waals surface area contributed by atoms with Crippen LogP contribution in [0.1, 0.15) is 11.1 Å². The molecule has 12 nitrogen and oxygen atoms in total. The highest BCUT2D eigenvalue weighted by Gasteiger charge is 2.38.